The van der Waals surface area contributed by atoms with Crippen LogP contribution < -0.4 is 11.1 Å². The lowest BCUT2D eigenvalue weighted by Crippen LogP contribution is -2.77. The number of phenolic OH excluding ortho intramolecular Hbond substituents is 1. The molecule has 2 fully saturated rings. The van der Waals surface area contributed by atoms with Crippen LogP contribution in [0.1, 0.15) is 45.8 Å². The number of likely N-dealkylation sites (N-methyl/N-ethyl adjacent to an activating group) is 1. The van der Waals surface area contributed by atoms with Gasteiger partial charge in [0.15, 0.2) is 34.7 Å². The van der Waals surface area contributed by atoms with Crippen LogP contribution in [0, 0.1) is 23.7 Å². The van der Waals surface area contributed by atoms with Gasteiger partial charge in [-0.3, -0.25) is 34.2 Å². The molecule has 2 saturated carbocycles. The number of carbonyl (C=O) groups excluding carboxylic acids is 6. The monoisotopic (exact) mass is 681 g/mol. The van der Waals surface area contributed by atoms with Crippen molar-refractivity contribution in [2.45, 2.75) is 36.5 Å². The molecule has 8 unspecified atom stereocenters. The molecule has 0 aliphatic heterocycles. The Morgan fingerprint density at radius 1 is 0.920 bits per heavy atom. The molecule has 2 amide bonds. The molecule has 0 spiro atoms. The number of amides is 2. The molecule has 4 aliphatic carbocycles. The smallest absolute Gasteiger partial charge is 0.411 e. The van der Waals surface area contributed by atoms with Crippen LogP contribution in [0.25, 0.3) is 11.1 Å². The number of benzene rings is 3. The van der Waals surface area contributed by atoms with Gasteiger partial charge in [0.25, 0.3) is 0 Å². The van der Waals surface area contributed by atoms with Crippen LogP contribution in [0.5, 0.6) is 5.75 Å². The second-order valence-electron chi connectivity index (χ2n) is 13.7. The van der Waals surface area contributed by atoms with E-state index in [9.17, 15) is 44.1 Å². The average Bonchev–Trinajstić information content (AvgIpc) is 3.39. The van der Waals surface area contributed by atoms with Crippen molar-refractivity contribution in [1.82, 2.24) is 4.90 Å². The first-order valence-corrected chi connectivity index (χ1v) is 16.2. The van der Waals surface area contributed by atoms with Crippen molar-refractivity contribution in [3.05, 3.63) is 82.9 Å². The summed E-state index contributed by atoms with van der Waals surface area (Å²) >= 11 is 0. The molecule has 258 valence electrons. The highest BCUT2D eigenvalue weighted by Gasteiger charge is 2.73. The Balaban J connectivity index is 1.18. The summed E-state index contributed by atoms with van der Waals surface area (Å²) < 4.78 is 5.59. The van der Waals surface area contributed by atoms with Crippen molar-refractivity contribution in [2.24, 2.45) is 29.4 Å². The molecule has 3 aromatic carbocycles. The number of aromatic hydroxyl groups is 1. The summed E-state index contributed by atoms with van der Waals surface area (Å²) in [4.78, 5) is 81.8. The predicted molar refractivity (Wildman–Crippen MR) is 176 cm³/mol. The van der Waals surface area contributed by atoms with Gasteiger partial charge >= 0.3 is 6.09 Å². The fourth-order valence-corrected chi connectivity index (χ4v) is 8.83. The van der Waals surface area contributed by atoms with Gasteiger partial charge in [-0.25, -0.2) is 4.79 Å². The lowest BCUT2D eigenvalue weighted by atomic mass is 9.49. The Bertz CT molecular complexity index is 1980. The van der Waals surface area contributed by atoms with E-state index in [0.29, 0.717) is 0 Å². The van der Waals surface area contributed by atoms with E-state index in [1.807, 2.05) is 48.5 Å². The number of nitrogens with two attached hydrogens (primary N) is 1. The van der Waals surface area contributed by atoms with E-state index < -0.39 is 88.2 Å². The van der Waals surface area contributed by atoms with Gasteiger partial charge in [-0.15, -0.1) is 0 Å². The first-order chi connectivity index (χ1) is 23.7. The van der Waals surface area contributed by atoms with Gasteiger partial charge in [0.2, 0.25) is 5.91 Å². The number of carbonyl (C=O) groups is 6. The molecular formula is C37H35N3O10. The number of nitrogens with one attached hydrogen (secondary N) is 1. The van der Waals surface area contributed by atoms with Crippen LogP contribution in [-0.4, -0.2) is 93.8 Å². The number of hydrogen-bond donors (Lipinski definition) is 5. The maximum atomic E-state index is 14.2. The van der Waals surface area contributed by atoms with Gasteiger partial charge in [-0.2, -0.15) is 0 Å². The summed E-state index contributed by atoms with van der Waals surface area (Å²) in [5, 5.41) is 37.4. The molecule has 13 nitrogen and oxygen atoms in total. The van der Waals surface area contributed by atoms with Gasteiger partial charge in [-0.1, -0.05) is 61.5 Å². The summed E-state index contributed by atoms with van der Waals surface area (Å²) in [7, 11) is 2.85. The molecule has 0 aromatic heterocycles. The molecule has 6 N–H and O–H groups in total. The fraction of sp³-hybridized carbons (Fsp3) is 0.351. The third-order valence-corrected chi connectivity index (χ3v) is 11.1. The lowest BCUT2D eigenvalue weighted by Gasteiger charge is -2.56. The van der Waals surface area contributed by atoms with Gasteiger partial charge in [0.1, 0.15) is 12.4 Å². The Morgan fingerprint density at radius 3 is 2.10 bits per heavy atom. The highest BCUT2D eigenvalue weighted by Crippen LogP contribution is 2.55. The number of Topliss-reactive ketones (excluding diaryl/α,β-unsaturated/α-hetero) is 4. The summed E-state index contributed by atoms with van der Waals surface area (Å²) in [6.07, 6.45) is -2.66. The summed E-state index contributed by atoms with van der Waals surface area (Å²) in [6.45, 7) is 1.58. The van der Waals surface area contributed by atoms with Gasteiger partial charge in [0, 0.05) is 11.8 Å². The first kappa shape index (κ1) is 33.3. The molecule has 50 heavy (non-hydrogen) atoms. The van der Waals surface area contributed by atoms with Crippen LogP contribution >= 0.6 is 0 Å². The van der Waals surface area contributed by atoms with Gasteiger partial charge < -0.3 is 25.8 Å². The van der Waals surface area contributed by atoms with Crippen molar-refractivity contribution >= 4 is 40.8 Å². The SMILES string of the molecule is CC1c2ccc(NC(=O)OCC3c4ccccc4-c4ccccc43)c(O)c2C(=O)C2C(=O)C3(O)C(=O)C(C(N)=O)C(=O)C(N(C)C)C3C(O)C21. The minimum absolute atomic E-state index is 0.0197. The van der Waals surface area contributed by atoms with E-state index in [1.165, 1.54) is 31.1 Å². The second-order valence-corrected chi connectivity index (χ2v) is 13.7. The van der Waals surface area contributed by atoms with E-state index in [-0.39, 0.29) is 29.3 Å². The van der Waals surface area contributed by atoms with Crippen molar-refractivity contribution in [2.75, 3.05) is 26.0 Å². The predicted octanol–water partition coefficient (Wildman–Crippen LogP) is 1.76. The molecular weight excluding hydrogens is 646 g/mol. The molecule has 0 radical (unpaired) electrons. The maximum Gasteiger partial charge on any atom is 0.411 e. The maximum absolute atomic E-state index is 14.2. The topological polar surface area (TPSA) is 214 Å². The summed E-state index contributed by atoms with van der Waals surface area (Å²) in [6, 6.07) is 17.0. The van der Waals surface area contributed by atoms with E-state index >= 15 is 0 Å². The molecule has 8 atom stereocenters. The summed E-state index contributed by atoms with van der Waals surface area (Å²) in [5.74, 6) is -14.8. The number of fused-ring (bicyclic) bond motifs is 6. The number of aliphatic hydroxyl groups excluding tert-OH is 1. The number of rotatable bonds is 5. The number of aliphatic hydroxyl groups is 2. The van der Waals surface area contributed by atoms with Crippen LogP contribution in [0.15, 0.2) is 60.7 Å². The van der Waals surface area contributed by atoms with Gasteiger partial charge in [-0.05, 0) is 53.9 Å². The van der Waals surface area contributed by atoms with Crippen LogP contribution in [0.2, 0.25) is 0 Å². The standard InChI is InChI=1S/C37H35N3O10/c1-15-16-12-13-22(39-36(48)50-14-21-19-10-6-4-8-17(19)18-9-5-7-11-20(18)21)29(41)24(16)30(42)25-23(15)31(43)27-28(40(2)3)32(44)26(35(38)47)34(46)37(27,49)33(25)45/h4-13,15,21,23,25-28,31,41,43,49H,14H2,1-3H3,(H2,38,47)(H,39,48). The average molecular weight is 682 g/mol. The Labute approximate surface area is 286 Å². The number of nitrogens with zero attached hydrogens (tertiary/aromatic N) is 1. The Hall–Kier alpha value is -5.24. The largest absolute Gasteiger partial charge is 0.505 e. The number of anilines is 1. The highest BCUT2D eigenvalue weighted by molar-refractivity contribution is 6.32. The van der Waals surface area contributed by atoms with Crippen molar-refractivity contribution in [3.63, 3.8) is 0 Å². The molecule has 4 aliphatic rings. The molecule has 13 heteroatoms. The fourth-order valence-electron chi connectivity index (χ4n) is 8.83. The molecule has 0 bridgehead atoms. The molecule has 3 aromatic rings. The number of primary amides is 1. The first-order valence-electron chi connectivity index (χ1n) is 16.2. The van der Waals surface area contributed by atoms with E-state index in [1.54, 1.807) is 6.92 Å². The third kappa shape index (κ3) is 4.50. The number of ketones is 4. The molecule has 7 rings (SSSR count). The van der Waals surface area contributed by atoms with Crippen molar-refractivity contribution < 1.29 is 48.8 Å². The Kier molecular flexibility index (Phi) is 7.77. The second kappa shape index (κ2) is 11.7. The van der Waals surface area contributed by atoms with E-state index in [2.05, 4.69) is 5.32 Å². The number of phenols is 1. The number of hydrogen-bond acceptors (Lipinski definition) is 11. The zero-order chi connectivity index (χ0) is 36.0. The van der Waals surface area contributed by atoms with Crippen LogP contribution in [-0.2, 0) is 23.9 Å². The lowest BCUT2D eigenvalue weighted by molar-refractivity contribution is -0.196. The number of ether oxygens (including phenoxy) is 1. The summed E-state index contributed by atoms with van der Waals surface area (Å²) in [5.41, 5.74) is 6.04. The minimum atomic E-state index is -3.11. The zero-order valence-corrected chi connectivity index (χ0v) is 27.3. The molecule has 0 heterocycles. The Morgan fingerprint density at radius 2 is 1.52 bits per heavy atom. The van der Waals surface area contributed by atoms with Crippen molar-refractivity contribution in [1.29, 1.82) is 0 Å². The van der Waals surface area contributed by atoms with Crippen molar-refractivity contribution in [3.8, 4) is 16.9 Å². The highest BCUT2D eigenvalue weighted by atomic mass is 16.5. The van der Waals surface area contributed by atoms with E-state index in [0.717, 1.165) is 22.3 Å². The van der Waals surface area contributed by atoms with Crippen LogP contribution in [0.4, 0.5) is 10.5 Å². The molecule has 0 saturated heterocycles. The van der Waals surface area contributed by atoms with E-state index in [4.69, 9.17) is 10.5 Å². The quantitative estimate of drug-likeness (QED) is 0.193. The normalized spacial score (nSPS) is 29.8. The minimum Gasteiger partial charge on any atom is -0.505 e. The zero-order valence-electron chi connectivity index (χ0n) is 27.3. The van der Waals surface area contributed by atoms with Gasteiger partial charge in [0.05, 0.1) is 35.2 Å². The van der Waals surface area contributed by atoms with Crippen LogP contribution in [0.3, 0.4) is 0 Å². The third-order valence-electron chi connectivity index (χ3n) is 11.1.